The van der Waals surface area contributed by atoms with E-state index in [1.165, 1.54) is 0 Å². The Balaban J connectivity index is 2.11. The molecule has 0 saturated heterocycles. The number of methoxy groups -OCH3 is 1. The van der Waals surface area contributed by atoms with Crippen molar-refractivity contribution in [2.75, 3.05) is 7.11 Å². The third-order valence-corrected chi connectivity index (χ3v) is 2.55. The van der Waals surface area contributed by atoms with Crippen LogP contribution in [-0.2, 0) is 13.2 Å². The zero-order valence-electron chi connectivity index (χ0n) is 10.2. The van der Waals surface area contributed by atoms with Gasteiger partial charge in [-0.1, -0.05) is 10.3 Å². The second-order valence-corrected chi connectivity index (χ2v) is 3.72. The van der Waals surface area contributed by atoms with Crippen LogP contribution in [0.3, 0.4) is 0 Å². The number of aryl methyl sites for hydroxylation is 1. The average Bonchev–Trinajstić information content (AvgIpc) is 2.81. The highest BCUT2D eigenvalue weighted by Crippen LogP contribution is 2.25. The van der Waals surface area contributed by atoms with Gasteiger partial charge in [-0.3, -0.25) is 0 Å². The van der Waals surface area contributed by atoms with Gasteiger partial charge in [0, 0.05) is 5.56 Å². The topological polar surface area (TPSA) is 77.6 Å². The molecule has 96 valence electrons. The molecule has 1 N–H and O–H groups in total. The number of aromatic nitrogens is 2. The zero-order chi connectivity index (χ0) is 13.0. The molecule has 0 unspecified atom stereocenters. The molecule has 0 atom stereocenters. The first-order valence-electron chi connectivity index (χ1n) is 5.43. The number of rotatable bonds is 5. The molecule has 0 bridgehead atoms. The molecule has 1 aromatic heterocycles. The Morgan fingerprint density at radius 1 is 1.33 bits per heavy atom. The minimum Gasteiger partial charge on any atom is -0.497 e. The van der Waals surface area contributed by atoms with Crippen molar-refractivity contribution >= 4 is 0 Å². The Labute approximate surface area is 104 Å². The molecule has 1 heterocycles. The van der Waals surface area contributed by atoms with Crippen LogP contribution in [0, 0.1) is 6.92 Å². The lowest BCUT2D eigenvalue weighted by Crippen LogP contribution is -2.01. The van der Waals surface area contributed by atoms with Gasteiger partial charge >= 0.3 is 0 Å². The van der Waals surface area contributed by atoms with Gasteiger partial charge in [-0.05, 0) is 25.1 Å². The highest BCUT2D eigenvalue weighted by molar-refractivity contribution is 5.39. The Morgan fingerprint density at radius 3 is 2.78 bits per heavy atom. The minimum absolute atomic E-state index is 0.122. The highest BCUT2D eigenvalue weighted by atomic mass is 16.6. The molecule has 0 aliphatic carbocycles. The summed E-state index contributed by atoms with van der Waals surface area (Å²) in [6.45, 7) is 1.91. The summed E-state index contributed by atoms with van der Waals surface area (Å²) in [5, 5.41) is 16.7. The molecule has 0 fully saturated rings. The summed E-state index contributed by atoms with van der Waals surface area (Å²) in [5.74, 6) is 1.26. The maximum atomic E-state index is 9.27. The van der Waals surface area contributed by atoms with Crippen molar-refractivity contribution in [2.24, 2.45) is 0 Å². The number of hydrogen-bond donors (Lipinski definition) is 1. The molecule has 6 nitrogen and oxygen atoms in total. The zero-order valence-corrected chi connectivity index (χ0v) is 10.2. The van der Waals surface area contributed by atoms with Crippen LogP contribution in [0.15, 0.2) is 22.8 Å². The van der Waals surface area contributed by atoms with Gasteiger partial charge in [-0.2, -0.15) is 0 Å². The first kappa shape index (κ1) is 12.4. The van der Waals surface area contributed by atoms with Crippen molar-refractivity contribution < 1.29 is 19.2 Å². The van der Waals surface area contributed by atoms with Crippen LogP contribution in [0.4, 0.5) is 0 Å². The maximum Gasteiger partial charge on any atom is 0.145 e. The first-order valence-corrected chi connectivity index (χ1v) is 5.43. The van der Waals surface area contributed by atoms with Crippen molar-refractivity contribution in [3.05, 3.63) is 35.2 Å². The van der Waals surface area contributed by atoms with Gasteiger partial charge in [-0.15, -0.1) is 0 Å². The van der Waals surface area contributed by atoms with Crippen LogP contribution in [0.25, 0.3) is 0 Å². The van der Waals surface area contributed by atoms with Crippen LogP contribution in [-0.4, -0.2) is 22.5 Å². The summed E-state index contributed by atoms with van der Waals surface area (Å²) >= 11 is 0. The lowest BCUT2D eigenvalue weighted by atomic mass is 10.2. The van der Waals surface area contributed by atoms with Crippen molar-refractivity contribution in [1.29, 1.82) is 0 Å². The fourth-order valence-corrected chi connectivity index (χ4v) is 1.47. The van der Waals surface area contributed by atoms with Gasteiger partial charge in [0.2, 0.25) is 0 Å². The van der Waals surface area contributed by atoms with Crippen molar-refractivity contribution in [2.45, 2.75) is 20.1 Å². The largest absolute Gasteiger partial charge is 0.497 e. The maximum absolute atomic E-state index is 9.27. The van der Waals surface area contributed by atoms with Gasteiger partial charge in [0.25, 0.3) is 0 Å². The SMILES string of the molecule is COc1ccc(OCc2nonc2C)c(CO)c1. The fraction of sp³-hybridized carbons (Fsp3) is 0.333. The average molecular weight is 250 g/mol. The van der Waals surface area contributed by atoms with E-state index >= 15 is 0 Å². The van der Waals surface area contributed by atoms with Gasteiger partial charge in [0.05, 0.1) is 13.7 Å². The number of aliphatic hydroxyl groups is 1. The van der Waals surface area contributed by atoms with E-state index < -0.39 is 0 Å². The standard InChI is InChI=1S/C12H14N2O4/c1-8-11(14-18-13-8)7-17-12-4-3-10(16-2)5-9(12)6-15/h3-5,15H,6-7H2,1-2H3. The molecule has 0 spiro atoms. The summed E-state index contributed by atoms with van der Waals surface area (Å²) in [6.07, 6.45) is 0. The molecule has 0 radical (unpaired) electrons. The summed E-state index contributed by atoms with van der Waals surface area (Å²) in [6, 6.07) is 5.23. The minimum atomic E-state index is -0.122. The summed E-state index contributed by atoms with van der Waals surface area (Å²) < 4.78 is 15.2. The van der Waals surface area contributed by atoms with Gasteiger partial charge in [-0.25, -0.2) is 4.63 Å². The molecule has 0 saturated carbocycles. The quantitative estimate of drug-likeness (QED) is 0.865. The van der Waals surface area contributed by atoms with Gasteiger partial charge in [0.15, 0.2) is 0 Å². The summed E-state index contributed by atoms with van der Waals surface area (Å²) in [5.41, 5.74) is 1.98. The Hall–Kier alpha value is -2.08. The van der Waals surface area contributed by atoms with E-state index in [-0.39, 0.29) is 13.2 Å². The van der Waals surface area contributed by atoms with E-state index in [1.54, 1.807) is 32.2 Å². The predicted octanol–water partition coefficient (Wildman–Crippen LogP) is 1.46. The molecule has 2 rings (SSSR count). The van der Waals surface area contributed by atoms with Crippen molar-refractivity contribution in [3.63, 3.8) is 0 Å². The third-order valence-electron chi connectivity index (χ3n) is 2.55. The number of benzene rings is 1. The van der Waals surface area contributed by atoms with E-state index in [9.17, 15) is 5.11 Å². The molecule has 0 aliphatic heterocycles. The van der Waals surface area contributed by atoms with Crippen molar-refractivity contribution in [3.8, 4) is 11.5 Å². The lowest BCUT2D eigenvalue weighted by molar-refractivity contribution is 0.249. The van der Waals surface area contributed by atoms with Crippen molar-refractivity contribution in [1.82, 2.24) is 10.3 Å². The molecular formula is C12H14N2O4. The lowest BCUT2D eigenvalue weighted by Gasteiger charge is -2.10. The normalized spacial score (nSPS) is 10.4. The fourth-order valence-electron chi connectivity index (χ4n) is 1.47. The van der Waals surface area contributed by atoms with Crippen LogP contribution >= 0.6 is 0 Å². The number of nitrogens with zero attached hydrogens (tertiary/aromatic N) is 2. The van der Waals surface area contributed by atoms with Crippen LogP contribution < -0.4 is 9.47 Å². The predicted molar refractivity (Wildman–Crippen MR) is 62.3 cm³/mol. The molecule has 0 amide bonds. The molecule has 2 aromatic rings. The van der Waals surface area contributed by atoms with E-state index in [4.69, 9.17) is 9.47 Å². The first-order chi connectivity index (χ1) is 8.74. The van der Waals surface area contributed by atoms with Crippen LogP contribution in [0.2, 0.25) is 0 Å². The van der Waals surface area contributed by atoms with Crippen LogP contribution in [0.1, 0.15) is 17.0 Å². The number of ether oxygens (including phenoxy) is 2. The Kier molecular flexibility index (Phi) is 3.78. The smallest absolute Gasteiger partial charge is 0.145 e. The molecule has 0 aliphatic rings. The Morgan fingerprint density at radius 2 is 2.17 bits per heavy atom. The highest BCUT2D eigenvalue weighted by Gasteiger charge is 2.09. The summed E-state index contributed by atoms with van der Waals surface area (Å²) in [4.78, 5) is 0. The third kappa shape index (κ3) is 2.60. The van der Waals surface area contributed by atoms with E-state index in [2.05, 4.69) is 14.9 Å². The molecular weight excluding hydrogens is 236 g/mol. The van der Waals surface area contributed by atoms with E-state index in [0.717, 1.165) is 0 Å². The molecule has 6 heteroatoms. The van der Waals surface area contributed by atoms with E-state index in [0.29, 0.717) is 28.5 Å². The second-order valence-electron chi connectivity index (χ2n) is 3.72. The molecule has 1 aromatic carbocycles. The van der Waals surface area contributed by atoms with Gasteiger partial charge < -0.3 is 14.6 Å². The molecule has 18 heavy (non-hydrogen) atoms. The van der Waals surface area contributed by atoms with Gasteiger partial charge in [0.1, 0.15) is 29.5 Å². The summed E-state index contributed by atoms with van der Waals surface area (Å²) in [7, 11) is 1.57. The monoisotopic (exact) mass is 250 g/mol. The van der Waals surface area contributed by atoms with E-state index in [1.807, 2.05) is 0 Å². The Bertz CT molecular complexity index is 525. The number of aliphatic hydroxyl groups excluding tert-OH is 1. The number of hydrogen-bond acceptors (Lipinski definition) is 6. The second kappa shape index (κ2) is 5.50. The van der Waals surface area contributed by atoms with Crippen LogP contribution in [0.5, 0.6) is 11.5 Å².